The highest BCUT2D eigenvalue weighted by Crippen LogP contribution is 2.38. The van der Waals surface area contributed by atoms with Crippen LogP contribution in [0, 0.1) is 11.8 Å². The minimum absolute atomic E-state index is 0.110. The van der Waals surface area contributed by atoms with Gasteiger partial charge in [-0.25, -0.2) is 9.48 Å². The van der Waals surface area contributed by atoms with Crippen molar-refractivity contribution in [1.29, 1.82) is 0 Å². The highest BCUT2D eigenvalue weighted by Gasteiger charge is 2.39. The molecular formula is C18H19N3O3. The van der Waals surface area contributed by atoms with Gasteiger partial charge in [0.1, 0.15) is 5.69 Å². The lowest BCUT2D eigenvalue weighted by Gasteiger charge is -2.18. The second kappa shape index (κ2) is 5.78. The summed E-state index contributed by atoms with van der Waals surface area (Å²) < 4.78 is 1.44. The Hall–Kier alpha value is -2.63. The minimum Gasteiger partial charge on any atom is -0.476 e. The lowest BCUT2D eigenvalue weighted by molar-refractivity contribution is 0.0689. The summed E-state index contributed by atoms with van der Waals surface area (Å²) in [7, 11) is 0. The smallest absolute Gasteiger partial charge is 0.356 e. The molecule has 2 aliphatic rings. The molecule has 0 spiro atoms. The number of carboxylic acid groups (broad SMARTS) is 1. The zero-order valence-corrected chi connectivity index (χ0v) is 13.3. The average Bonchev–Trinajstić information content (AvgIpc) is 3.28. The second-order valence-electron chi connectivity index (χ2n) is 6.63. The van der Waals surface area contributed by atoms with Crippen molar-refractivity contribution in [3.05, 3.63) is 47.8 Å². The number of fused-ring (bicyclic) bond motifs is 1. The average molecular weight is 325 g/mol. The number of nitrogens with zero attached hydrogens (tertiary/aromatic N) is 3. The van der Waals surface area contributed by atoms with E-state index in [1.807, 2.05) is 35.2 Å². The topological polar surface area (TPSA) is 75.4 Å². The molecule has 2 fully saturated rings. The number of hydrogen-bond acceptors (Lipinski definition) is 3. The number of aromatic carboxylic acids is 1. The molecule has 6 heteroatoms. The van der Waals surface area contributed by atoms with E-state index in [0.717, 1.165) is 13.1 Å². The molecule has 1 amide bonds. The number of hydrogen-bond donors (Lipinski definition) is 1. The van der Waals surface area contributed by atoms with E-state index in [1.165, 1.54) is 30.0 Å². The van der Waals surface area contributed by atoms with Crippen LogP contribution >= 0.6 is 0 Å². The second-order valence-corrected chi connectivity index (χ2v) is 6.63. The lowest BCUT2D eigenvalue weighted by Crippen LogP contribution is -2.31. The molecule has 1 aliphatic heterocycles. The van der Waals surface area contributed by atoms with Gasteiger partial charge in [0, 0.05) is 19.2 Å². The van der Waals surface area contributed by atoms with Gasteiger partial charge < -0.3 is 10.0 Å². The van der Waals surface area contributed by atoms with Crippen LogP contribution in [-0.2, 0) is 0 Å². The molecule has 1 aromatic carbocycles. The van der Waals surface area contributed by atoms with Gasteiger partial charge in [-0.1, -0.05) is 24.6 Å². The van der Waals surface area contributed by atoms with Gasteiger partial charge in [0.05, 0.1) is 5.69 Å². The monoisotopic (exact) mass is 325 g/mol. The summed E-state index contributed by atoms with van der Waals surface area (Å²) in [6.45, 7) is 1.54. The Morgan fingerprint density at radius 2 is 1.75 bits per heavy atom. The van der Waals surface area contributed by atoms with Gasteiger partial charge in [0.15, 0.2) is 5.69 Å². The molecule has 24 heavy (non-hydrogen) atoms. The summed E-state index contributed by atoms with van der Waals surface area (Å²) in [6, 6.07) is 10.6. The van der Waals surface area contributed by atoms with Crippen LogP contribution in [0.25, 0.3) is 5.69 Å². The van der Waals surface area contributed by atoms with Crippen LogP contribution in [0.4, 0.5) is 0 Å². The van der Waals surface area contributed by atoms with Gasteiger partial charge >= 0.3 is 5.97 Å². The quantitative estimate of drug-likeness (QED) is 0.940. The van der Waals surface area contributed by atoms with Crippen molar-refractivity contribution >= 4 is 11.9 Å². The van der Waals surface area contributed by atoms with Gasteiger partial charge in [0.25, 0.3) is 5.91 Å². The molecule has 1 saturated heterocycles. The van der Waals surface area contributed by atoms with Crippen molar-refractivity contribution in [3.63, 3.8) is 0 Å². The fraction of sp³-hybridized carbons (Fsp3) is 0.389. The SMILES string of the molecule is O=C(O)c1cc(C(=O)N2C[C@@H]3CCC[C@H]3C2)n(-c2ccccc2)n1. The molecule has 1 saturated carbocycles. The van der Waals surface area contributed by atoms with Crippen LogP contribution in [0.3, 0.4) is 0 Å². The summed E-state index contributed by atoms with van der Waals surface area (Å²) in [4.78, 5) is 26.1. The van der Waals surface area contributed by atoms with Crippen molar-refractivity contribution in [2.24, 2.45) is 11.8 Å². The van der Waals surface area contributed by atoms with Crippen LogP contribution in [0.15, 0.2) is 36.4 Å². The molecule has 2 heterocycles. The molecule has 124 valence electrons. The molecule has 2 aromatic rings. The molecule has 0 unspecified atom stereocenters. The van der Waals surface area contributed by atoms with Crippen molar-refractivity contribution < 1.29 is 14.7 Å². The van der Waals surface area contributed by atoms with Gasteiger partial charge in [-0.05, 0) is 36.8 Å². The maximum atomic E-state index is 13.0. The molecule has 2 atom stereocenters. The Kier molecular flexibility index (Phi) is 3.59. The van der Waals surface area contributed by atoms with Crippen LogP contribution < -0.4 is 0 Å². The van der Waals surface area contributed by atoms with E-state index >= 15 is 0 Å². The fourth-order valence-electron chi connectivity index (χ4n) is 3.97. The third-order valence-electron chi connectivity index (χ3n) is 5.16. The van der Waals surface area contributed by atoms with Gasteiger partial charge in [-0.15, -0.1) is 0 Å². The summed E-state index contributed by atoms with van der Waals surface area (Å²) in [5.41, 5.74) is 0.896. The Morgan fingerprint density at radius 1 is 1.08 bits per heavy atom. The van der Waals surface area contributed by atoms with E-state index in [2.05, 4.69) is 5.10 Å². The summed E-state index contributed by atoms with van der Waals surface area (Å²) in [5.74, 6) is -0.0627. The normalized spacial score (nSPS) is 22.6. The Morgan fingerprint density at radius 3 is 2.38 bits per heavy atom. The Labute approximate surface area is 139 Å². The number of carboxylic acids is 1. The number of aromatic nitrogens is 2. The minimum atomic E-state index is -1.13. The first-order valence-electron chi connectivity index (χ1n) is 8.31. The maximum Gasteiger partial charge on any atom is 0.356 e. The van der Waals surface area contributed by atoms with Crippen molar-refractivity contribution in [2.45, 2.75) is 19.3 Å². The highest BCUT2D eigenvalue weighted by molar-refractivity contribution is 5.96. The van der Waals surface area contributed by atoms with E-state index in [0.29, 0.717) is 23.2 Å². The van der Waals surface area contributed by atoms with Crippen molar-refractivity contribution in [3.8, 4) is 5.69 Å². The predicted octanol–water partition coefficient (Wildman–Crippen LogP) is 2.44. The predicted molar refractivity (Wildman–Crippen MR) is 87.3 cm³/mol. The van der Waals surface area contributed by atoms with E-state index in [1.54, 1.807) is 0 Å². The third kappa shape index (κ3) is 2.48. The number of benzene rings is 1. The Bertz CT molecular complexity index is 772. The largest absolute Gasteiger partial charge is 0.476 e. The number of amides is 1. The van der Waals surface area contributed by atoms with E-state index in [4.69, 9.17) is 0 Å². The van der Waals surface area contributed by atoms with E-state index in [9.17, 15) is 14.7 Å². The highest BCUT2D eigenvalue weighted by atomic mass is 16.4. The number of carbonyl (C=O) groups excluding carboxylic acids is 1. The first kappa shape index (κ1) is 14.9. The van der Waals surface area contributed by atoms with Crippen LogP contribution in [0.1, 0.15) is 40.2 Å². The summed E-state index contributed by atoms with van der Waals surface area (Å²) >= 11 is 0. The van der Waals surface area contributed by atoms with Crippen LogP contribution in [0.2, 0.25) is 0 Å². The molecule has 1 aromatic heterocycles. The molecule has 4 rings (SSSR count). The molecule has 0 radical (unpaired) electrons. The first-order valence-corrected chi connectivity index (χ1v) is 8.31. The molecule has 6 nitrogen and oxygen atoms in total. The number of likely N-dealkylation sites (tertiary alicyclic amines) is 1. The fourth-order valence-corrected chi connectivity index (χ4v) is 3.97. The zero-order valence-electron chi connectivity index (χ0n) is 13.3. The Balaban J connectivity index is 1.69. The van der Waals surface area contributed by atoms with Crippen molar-refractivity contribution in [2.75, 3.05) is 13.1 Å². The molecule has 1 N–H and O–H groups in total. The van der Waals surface area contributed by atoms with E-state index < -0.39 is 5.97 Å². The number of rotatable bonds is 3. The summed E-state index contributed by atoms with van der Waals surface area (Å²) in [5, 5.41) is 13.4. The molecule has 1 aliphatic carbocycles. The summed E-state index contributed by atoms with van der Waals surface area (Å²) in [6.07, 6.45) is 3.63. The zero-order chi connectivity index (χ0) is 16.7. The maximum absolute atomic E-state index is 13.0. The first-order chi connectivity index (χ1) is 11.6. The van der Waals surface area contributed by atoms with Gasteiger partial charge in [-0.3, -0.25) is 4.79 Å². The van der Waals surface area contributed by atoms with Crippen molar-refractivity contribution in [1.82, 2.24) is 14.7 Å². The standard InChI is InChI=1S/C18H19N3O3/c22-17(20-10-12-5-4-6-13(12)11-20)16-9-15(18(23)24)19-21(16)14-7-2-1-3-8-14/h1-3,7-9,12-13H,4-6,10-11H2,(H,23,24)/t12-,13-/m0/s1. The third-order valence-corrected chi connectivity index (χ3v) is 5.16. The lowest BCUT2D eigenvalue weighted by atomic mass is 10.0. The van der Waals surface area contributed by atoms with Crippen LogP contribution in [-0.4, -0.2) is 44.8 Å². The van der Waals surface area contributed by atoms with E-state index in [-0.39, 0.29) is 11.6 Å². The van der Waals surface area contributed by atoms with Gasteiger partial charge in [-0.2, -0.15) is 5.10 Å². The number of para-hydroxylation sites is 1. The van der Waals surface area contributed by atoms with Gasteiger partial charge in [0.2, 0.25) is 0 Å². The molecule has 0 bridgehead atoms. The molecular weight excluding hydrogens is 306 g/mol. The number of carbonyl (C=O) groups is 2. The van der Waals surface area contributed by atoms with Crippen LogP contribution in [0.5, 0.6) is 0 Å².